The lowest BCUT2D eigenvalue weighted by Gasteiger charge is -2.16. The Bertz CT molecular complexity index is 388. The predicted molar refractivity (Wildman–Crippen MR) is 52.8 cm³/mol. The van der Waals surface area contributed by atoms with Crippen molar-refractivity contribution in [2.24, 2.45) is 0 Å². The van der Waals surface area contributed by atoms with Crippen molar-refractivity contribution in [1.29, 1.82) is 0 Å². The molecule has 0 fully saturated rings. The number of rotatable bonds is 1. The average molecular weight is 239 g/mol. The van der Waals surface area contributed by atoms with Crippen LogP contribution in [0.2, 0.25) is 5.02 Å². The Kier molecular flexibility index (Phi) is 3.13. The van der Waals surface area contributed by atoms with Crippen LogP contribution < -0.4 is 5.73 Å². The van der Waals surface area contributed by atoms with Crippen LogP contribution in [0.4, 0.5) is 19.0 Å². The summed E-state index contributed by atoms with van der Waals surface area (Å²) in [7, 11) is 0. The van der Waals surface area contributed by atoms with Gasteiger partial charge in [0.25, 0.3) is 0 Å². The molecule has 0 amide bonds. The average Bonchev–Trinajstić information content (AvgIpc) is 2.08. The summed E-state index contributed by atoms with van der Waals surface area (Å²) in [6, 6.07) is 0. The van der Waals surface area contributed by atoms with Crippen LogP contribution in [0.25, 0.3) is 0 Å². The van der Waals surface area contributed by atoms with E-state index in [1.54, 1.807) is 6.92 Å². The van der Waals surface area contributed by atoms with Crippen LogP contribution in [0.15, 0.2) is 0 Å². The van der Waals surface area contributed by atoms with E-state index in [9.17, 15) is 13.2 Å². The van der Waals surface area contributed by atoms with Crippen molar-refractivity contribution < 1.29 is 13.2 Å². The number of pyridine rings is 1. The number of aromatic nitrogens is 1. The van der Waals surface area contributed by atoms with Crippen molar-refractivity contribution in [3.63, 3.8) is 0 Å². The molecule has 0 saturated heterocycles. The second-order valence-electron chi connectivity index (χ2n) is 3.10. The number of anilines is 1. The zero-order chi connectivity index (χ0) is 11.8. The fourth-order valence-corrected chi connectivity index (χ4v) is 1.75. The van der Waals surface area contributed by atoms with Gasteiger partial charge in [-0.25, -0.2) is 4.98 Å². The summed E-state index contributed by atoms with van der Waals surface area (Å²) >= 11 is 5.69. The summed E-state index contributed by atoms with van der Waals surface area (Å²) in [5.74, 6) is -0.0565. The van der Waals surface area contributed by atoms with Gasteiger partial charge in [-0.05, 0) is 18.9 Å². The Morgan fingerprint density at radius 1 is 1.40 bits per heavy atom. The molecular weight excluding hydrogens is 229 g/mol. The Labute approximate surface area is 90.3 Å². The first-order valence-corrected chi connectivity index (χ1v) is 4.68. The zero-order valence-electron chi connectivity index (χ0n) is 8.24. The fraction of sp³-hybridized carbons (Fsp3) is 0.444. The summed E-state index contributed by atoms with van der Waals surface area (Å²) in [6.07, 6.45) is -4.28. The highest BCUT2D eigenvalue weighted by Crippen LogP contribution is 2.38. The molecule has 1 aromatic rings. The van der Waals surface area contributed by atoms with Gasteiger partial charge in [0.15, 0.2) is 0 Å². The van der Waals surface area contributed by atoms with Crippen LogP contribution in [0.3, 0.4) is 0 Å². The number of hydrogen-bond acceptors (Lipinski definition) is 2. The summed E-state index contributed by atoms with van der Waals surface area (Å²) in [5.41, 5.74) is 4.50. The predicted octanol–water partition coefficient (Wildman–Crippen LogP) is 3.21. The molecule has 6 heteroatoms. The first-order valence-electron chi connectivity index (χ1n) is 4.30. The van der Waals surface area contributed by atoms with Crippen LogP contribution in [-0.2, 0) is 12.6 Å². The third kappa shape index (κ3) is 2.17. The molecule has 0 bridgehead atoms. The largest absolute Gasteiger partial charge is 0.418 e. The smallest absolute Gasteiger partial charge is 0.382 e. The highest BCUT2D eigenvalue weighted by atomic mass is 35.5. The topological polar surface area (TPSA) is 38.9 Å². The van der Waals surface area contributed by atoms with Gasteiger partial charge in [0.05, 0.1) is 16.3 Å². The summed E-state index contributed by atoms with van der Waals surface area (Å²) in [4.78, 5) is 3.57. The quantitative estimate of drug-likeness (QED) is 0.816. The van der Waals surface area contributed by atoms with E-state index >= 15 is 0 Å². The molecule has 0 aromatic carbocycles. The number of nitrogens with zero attached hydrogens (tertiary/aromatic N) is 1. The van der Waals surface area contributed by atoms with Crippen LogP contribution in [-0.4, -0.2) is 4.98 Å². The molecular formula is C9H10ClF3N2. The van der Waals surface area contributed by atoms with Gasteiger partial charge in [0.2, 0.25) is 0 Å². The van der Waals surface area contributed by atoms with Crippen molar-refractivity contribution in [3.05, 3.63) is 21.8 Å². The van der Waals surface area contributed by atoms with Crippen LogP contribution in [0.1, 0.15) is 23.7 Å². The van der Waals surface area contributed by atoms with Crippen molar-refractivity contribution >= 4 is 17.4 Å². The molecule has 0 spiro atoms. The minimum absolute atomic E-state index is 0.00849. The Morgan fingerprint density at radius 3 is 2.33 bits per heavy atom. The molecule has 1 heterocycles. The molecule has 1 aromatic heterocycles. The lowest BCUT2D eigenvalue weighted by atomic mass is 10.0. The molecule has 0 aliphatic heterocycles. The number of nitrogen functional groups attached to an aromatic ring is 1. The van der Waals surface area contributed by atoms with E-state index < -0.39 is 11.7 Å². The molecule has 0 atom stereocenters. The maximum absolute atomic E-state index is 12.7. The van der Waals surface area contributed by atoms with Gasteiger partial charge in [0, 0.05) is 0 Å². The summed E-state index contributed by atoms with van der Waals surface area (Å²) in [6.45, 7) is 2.87. The molecule has 84 valence electrons. The number of halogens is 4. The van der Waals surface area contributed by atoms with Gasteiger partial charge in [-0.1, -0.05) is 18.5 Å². The third-order valence-electron chi connectivity index (χ3n) is 2.08. The van der Waals surface area contributed by atoms with E-state index in [0.717, 1.165) is 0 Å². The summed E-state index contributed by atoms with van der Waals surface area (Å²) < 4.78 is 38.0. The Morgan fingerprint density at radius 2 is 1.93 bits per heavy atom. The second kappa shape index (κ2) is 3.89. The Hall–Kier alpha value is -0.970. The second-order valence-corrected chi connectivity index (χ2v) is 3.48. The lowest BCUT2D eigenvalue weighted by molar-refractivity contribution is -0.138. The maximum atomic E-state index is 12.7. The number of nitrogens with two attached hydrogens (primary N) is 1. The maximum Gasteiger partial charge on any atom is 0.418 e. The van der Waals surface area contributed by atoms with E-state index in [2.05, 4.69) is 4.98 Å². The molecule has 0 unspecified atom stereocenters. The van der Waals surface area contributed by atoms with E-state index in [0.29, 0.717) is 0 Å². The first-order chi connectivity index (χ1) is 6.79. The van der Waals surface area contributed by atoms with Crippen molar-refractivity contribution in [1.82, 2.24) is 4.98 Å². The van der Waals surface area contributed by atoms with Crippen LogP contribution in [0, 0.1) is 6.92 Å². The van der Waals surface area contributed by atoms with E-state index in [4.69, 9.17) is 17.3 Å². The third-order valence-corrected chi connectivity index (χ3v) is 2.50. The molecule has 2 nitrogen and oxygen atoms in total. The number of hydrogen-bond donors (Lipinski definition) is 1. The molecule has 0 aliphatic carbocycles. The SMILES string of the molecule is CCc1c(Cl)c(N)nc(C)c1C(F)(F)F. The highest BCUT2D eigenvalue weighted by molar-refractivity contribution is 6.33. The van der Waals surface area contributed by atoms with Gasteiger partial charge in [-0.2, -0.15) is 13.2 Å². The number of alkyl halides is 3. The van der Waals surface area contributed by atoms with Gasteiger partial charge < -0.3 is 5.73 Å². The minimum Gasteiger partial charge on any atom is -0.382 e. The van der Waals surface area contributed by atoms with Gasteiger partial charge in [-0.15, -0.1) is 0 Å². The van der Waals surface area contributed by atoms with Gasteiger partial charge >= 0.3 is 6.18 Å². The number of aryl methyl sites for hydroxylation is 1. The standard InChI is InChI=1S/C9H10ClF3N2/c1-3-5-6(9(11,12)13)4(2)15-8(14)7(5)10/h3H2,1-2H3,(H2,14,15). The minimum atomic E-state index is -4.44. The molecule has 1 rings (SSSR count). The first kappa shape index (κ1) is 12.1. The van der Waals surface area contributed by atoms with Crippen molar-refractivity contribution in [2.75, 3.05) is 5.73 Å². The van der Waals surface area contributed by atoms with Gasteiger partial charge in [0.1, 0.15) is 5.82 Å². The molecule has 15 heavy (non-hydrogen) atoms. The van der Waals surface area contributed by atoms with Gasteiger partial charge in [-0.3, -0.25) is 0 Å². The molecule has 0 aliphatic rings. The normalized spacial score (nSPS) is 11.9. The van der Waals surface area contributed by atoms with Crippen molar-refractivity contribution in [2.45, 2.75) is 26.4 Å². The molecule has 0 saturated carbocycles. The zero-order valence-corrected chi connectivity index (χ0v) is 9.00. The van der Waals surface area contributed by atoms with E-state index in [-0.39, 0.29) is 28.5 Å². The monoisotopic (exact) mass is 238 g/mol. The van der Waals surface area contributed by atoms with Crippen molar-refractivity contribution in [3.8, 4) is 0 Å². The van der Waals surface area contributed by atoms with E-state index in [1.165, 1.54) is 6.92 Å². The Balaban J connectivity index is 3.57. The highest BCUT2D eigenvalue weighted by Gasteiger charge is 2.37. The van der Waals surface area contributed by atoms with E-state index in [1.807, 2.05) is 0 Å². The van der Waals surface area contributed by atoms with Crippen LogP contribution in [0.5, 0.6) is 0 Å². The molecule has 2 N–H and O–H groups in total. The lowest BCUT2D eigenvalue weighted by Crippen LogP contribution is -2.14. The summed E-state index contributed by atoms with van der Waals surface area (Å²) in [5, 5.41) is -0.101. The van der Waals surface area contributed by atoms with Crippen LogP contribution >= 0.6 is 11.6 Å². The molecule has 0 radical (unpaired) electrons. The fourth-order valence-electron chi connectivity index (χ4n) is 1.48.